The van der Waals surface area contributed by atoms with Crippen molar-refractivity contribution in [1.82, 2.24) is 24.2 Å². The fourth-order valence-corrected chi connectivity index (χ4v) is 4.51. The summed E-state index contributed by atoms with van der Waals surface area (Å²) >= 11 is 0. The van der Waals surface area contributed by atoms with Crippen LogP contribution in [0.25, 0.3) is 27.4 Å². The van der Waals surface area contributed by atoms with Crippen LogP contribution in [0.3, 0.4) is 0 Å². The highest BCUT2D eigenvalue weighted by atomic mass is 16.2. The van der Waals surface area contributed by atoms with Crippen LogP contribution >= 0.6 is 0 Å². The number of urea groups is 1. The van der Waals surface area contributed by atoms with Gasteiger partial charge in [0.2, 0.25) is 0 Å². The molecule has 3 heterocycles. The molecule has 0 bridgehead atoms. The molecule has 2 N–H and O–H groups in total. The van der Waals surface area contributed by atoms with Crippen LogP contribution in [0, 0.1) is 6.57 Å². The van der Waals surface area contributed by atoms with Crippen LogP contribution in [0.1, 0.15) is 18.9 Å². The smallest absolute Gasteiger partial charge is 0.324 e. The zero-order valence-corrected chi connectivity index (χ0v) is 20.2. The molecule has 186 valence electrons. The van der Waals surface area contributed by atoms with Gasteiger partial charge in [0.25, 0.3) is 5.56 Å². The third-order valence-electron chi connectivity index (χ3n) is 6.54. The molecule has 10 heteroatoms. The second kappa shape index (κ2) is 9.99. The first-order chi connectivity index (χ1) is 17.9. The van der Waals surface area contributed by atoms with E-state index in [2.05, 4.69) is 20.2 Å². The van der Waals surface area contributed by atoms with Crippen molar-refractivity contribution in [1.29, 1.82) is 0 Å². The number of nitrogens with zero attached hydrogens (tertiary/aromatic N) is 5. The van der Waals surface area contributed by atoms with Gasteiger partial charge in [-0.3, -0.25) is 9.78 Å². The van der Waals surface area contributed by atoms with E-state index in [9.17, 15) is 14.4 Å². The van der Waals surface area contributed by atoms with Crippen LogP contribution in [-0.4, -0.2) is 43.4 Å². The van der Waals surface area contributed by atoms with Gasteiger partial charge in [-0.15, -0.1) is 5.10 Å². The highest BCUT2D eigenvalue weighted by Crippen LogP contribution is 2.25. The summed E-state index contributed by atoms with van der Waals surface area (Å²) < 4.78 is 2.89. The third kappa shape index (κ3) is 4.92. The molecule has 1 fully saturated rings. The number of pyridine rings is 1. The summed E-state index contributed by atoms with van der Waals surface area (Å²) in [5, 5.41) is 7.24. The lowest BCUT2D eigenvalue weighted by atomic mass is 10.1. The molecule has 0 unspecified atom stereocenters. The standard InChI is InChI=1S/C27H25N7O3/c1-28-21-10-8-18(9-11-21)20-16-23(25(35)32(2)17-20)29-26(36)33-14-12-22(13-15-33)34-27(37)30-24(31-34)19-6-4-3-5-7-19/h3-11,16-17,22H,12-15H2,2H3,(H,29,36)(H,30,31,37). The van der Waals surface area contributed by atoms with Gasteiger partial charge in [-0.25, -0.2) is 19.1 Å². The Kier molecular flexibility index (Phi) is 6.43. The minimum Gasteiger partial charge on any atom is -0.324 e. The number of H-pyrrole nitrogens is 1. The van der Waals surface area contributed by atoms with E-state index in [1.54, 1.807) is 36.3 Å². The number of nitrogens with one attached hydrogen (secondary N) is 2. The van der Waals surface area contributed by atoms with Gasteiger partial charge in [0.05, 0.1) is 12.6 Å². The fourth-order valence-electron chi connectivity index (χ4n) is 4.51. The second-order valence-electron chi connectivity index (χ2n) is 8.95. The molecule has 1 aliphatic rings. The van der Waals surface area contributed by atoms with Crippen molar-refractivity contribution in [2.24, 2.45) is 7.05 Å². The monoisotopic (exact) mass is 495 g/mol. The maximum atomic E-state index is 13.0. The fraction of sp³-hybridized carbons (Fsp3) is 0.222. The molecule has 37 heavy (non-hydrogen) atoms. The van der Waals surface area contributed by atoms with Gasteiger partial charge in [0, 0.05) is 37.5 Å². The number of hydrogen-bond acceptors (Lipinski definition) is 4. The van der Waals surface area contributed by atoms with E-state index in [0.717, 1.165) is 16.7 Å². The molecule has 2 amide bonds. The lowest BCUT2D eigenvalue weighted by Gasteiger charge is -2.31. The first-order valence-corrected chi connectivity index (χ1v) is 11.9. The molecule has 0 atom stereocenters. The lowest BCUT2D eigenvalue weighted by molar-refractivity contribution is 0.179. The van der Waals surface area contributed by atoms with Crippen molar-refractivity contribution in [2.75, 3.05) is 18.4 Å². The SMILES string of the molecule is [C-]#[N+]c1ccc(-c2cc(NC(=O)N3CCC(n4nc(-c5ccccc5)[nH]c4=O)CC3)c(=O)n(C)c2)cc1. The summed E-state index contributed by atoms with van der Waals surface area (Å²) in [6.45, 7) is 7.95. The summed E-state index contributed by atoms with van der Waals surface area (Å²) in [5.41, 5.74) is 2.53. The number of benzene rings is 2. The molecule has 2 aromatic carbocycles. The van der Waals surface area contributed by atoms with Gasteiger partial charge in [0.1, 0.15) is 5.69 Å². The number of piperidine rings is 1. The number of carbonyl (C=O) groups excluding carboxylic acids is 1. The first kappa shape index (κ1) is 23.8. The molecule has 0 spiro atoms. The largest absolute Gasteiger partial charge is 0.343 e. The van der Waals surface area contributed by atoms with Crippen molar-refractivity contribution in [3.05, 3.63) is 99.1 Å². The predicted octanol–water partition coefficient (Wildman–Crippen LogP) is 4.02. The summed E-state index contributed by atoms with van der Waals surface area (Å²) in [6, 6.07) is 17.6. The van der Waals surface area contributed by atoms with Crippen LogP contribution in [-0.2, 0) is 7.05 Å². The second-order valence-corrected chi connectivity index (χ2v) is 8.95. The number of carbonyl (C=O) groups is 1. The molecule has 5 rings (SSSR count). The van der Waals surface area contributed by atoms with Crippen LogP contribution < -0.4 is 16.6 Å². The Balaban J connectivity index is 1.27. The normalized spacial score (nSPS) is 13.8. The van der Waals surface area contributed by atoms with Crippen molar-refractivity contribution in [2.45, 2.75) is 18.9 Å². The van der Waals surface area contributed by atoms with Gasteiger partial charge >= 0.3 is 11.7 Å². The van der Waals surface area contributed by atoms with Gasteiger partial charge in [-0.05, 0) is 24.5 Å². The Morgan fingerprint density at radius 1 is 1.03 bits per heavy atom. The first-order valence-electron chi connectivity index (χ1n) is 11.9. The number of aromatic nitrogens is 4. The molecule has 0 radical (unpaired) electrons. The number of rotatable bonds is 4. The average Bonchev–Trinajstić information content (AvgIpc) is 3.33. The van der Waals surface area contributed by atoms with Crippen molar-refractivity contribution in [3.8, 4) is 22.5 Å². The van der Waals surface area contributed by atoms with Crippen molar-refractivity contribution >= 4 is 17.4 Å². The summed E-state index contributed by atoms with van der Waals surface area (Å²) in [7, 11) is 1.63. The minimum absolute atomic E-state index is 0.125. The highest BCUT2D eigenvalue weighted by molar-refractivity contribution is 5.90. The zero-order valence-electron chi connectivity index (χ0n) is 20.2. The topological polar surface area (TPSA) is 109 Å². The van der Waals surface area contributed by atoms with E-state index in [1.807, 2.05) is 42.5 Å². The Morgan fingerprint density at radius 2 is 1.73 bits per heavy atom. The van der Waals surface area contributed by atoms with Gasteiger partial charge in [0.15, 0.2) is 11.5 Å². The Hall–Kier alpha value is -4.91. The van der Waals surface area contributed by atoms with E-state index in [1.165, 1.54) is 9.25 Å². The van der Waals surface area contributed by atoms with E-state index >= 15 is 0 Å². The van der Waals surface area contributed by atoms with Crippen LogP contribution in [0.2, 0.25) is 0 Å². The molecule has 0 aliphatic carbocycles. The molecule has 1 saturated heterocycles. The third-order valence-corrected chi connectivity index (χ3v) is 6.54. The lowest BCUT2D eigenvalue weighted by Crippen LogP contribution is -2.43. The molecular weight excluding hydrogens is 470 g/mol. The molecule has 10 nitrogen and oxygen atoms in total. The minimum atomic E-state index is -0.365. The van der Waals surface area contributed by atoms with Crippen molar-refractivity contribution in [3.63, 3.8) is 0 Å². The molecule has 4 aromatic rings. The number of likely N-dealkylation sites (tertiary alicyclic amines) is 1. The number of amides is 2. The van der Waals surface area contributed by atoms with E-state index < -0.39 is 0 Å². The molecule has 1 aliphatic heterocycles. The van der Waals surface area contributed by atoms with E-state index in [4.69, 9.17) is 6.57 Å². The Morgan fingerprint density at radius 3 is 2.41 bits per heavy atom. The van der Waals surface area contributed by atoms with E-state index in [0.29, 0.717) is 37.4 Å². The number of aryl methyl sites for hydroxylation is 1. The molecule has 0 saturated carbocycles. The highest BCUT2D eigenvalue weighted by Gasteiger charge is 2.26. The number of hydrogen-bond donors (Lipinski definition) is 2. The maximum Gasteiger partial charge on any atom is 0.343 e. The number of anilines is 1. The summed E-state index contributed by atoms with van der Waals surface area (Å²) in [6.07, 6.45) is 2.83. The zero-order chi connectivity index (χ0) is 25.9. The van der Waals surface area contributed by atoms with E-state index in [-0.39, 0.29) is 29.0 Å². The average molecular weight is 496 g/mol. The van der Waals surface area contributed by atoms with Crippen LogP contribution in [0.5, 0.6) is 0 Å². The number of aromatic amines is 1. The van der Waals surface area contributed by atoms with Gasteiger partial charge < -0.3 is 14.8 Å². The van der Waals surface area contributed by atoms with Crippen LogP contribution in [0.15, 0.2) is 76.4 Å². The van der Waals surface area contributed by atoms with Crippen LogP contribution in [0.4, 0.5) is 16.2 Å². The summed E-state index contributed by atoms with van der Waals surface area (Å²) in [4.78, 5) is 46.1. The Bertz CT molecular complexity index is 1590. The van der Waals surface area contributed by atoms with Gasteiger partial charge in [-0.1, -0.05) is 54.6 Å². The predicted molar refractivity (Wildman–Crippen MR) is 141 cm³/mol. The quantitative estimate of drug-likeness (QED) is 0.417. The molecule has 2 aromatic heterocycles. The Labute approximate surface area is 212 Å². The summed E-state index contributed by atoms with van der Waals surface area (Å²) in [5.74, 6) is 0.519. The van der Waals surface area contributed by atoms with Crippen molar-refractivity contribution < 1.29 is 4.79 Å². The maximum absolute atomic E-state index is 13.0. The van der Waals surface area contributed by atoms with Gasteiger partial charge in [-0.2, -0.15) is 0 Å². The molecular formula is C27H25N7O3.